The van der Waals surface area contributed by atoms with E-state index in [2.05, 4.69) is 0 Å². The van der Waals surface area contributed by atoms with E-state index in [0.717, 1.165) is 5.69 Å². The molecule has 56 valence electrons. The zero-order valence-corrected chi connectivity index (χ0v) is 5.81. The molecule has 0 radical (unpaired) electrons. The van der Waals surface area contributed by atoms with Crippen molar-refractivity contribution in [3.05, 3.63) is 42.9 Å². The summed E-state index contributed by atoms with van der Waals surface area (Å²) in [4.78, 5) is 9.94. The molecule has 0 unspecified atom stereocenters. The molecule has 0 amide bonds. The van der Waals surface area contributed by atoms with E-state index in [4.69, 9.17) is 9.68 Å². The maximum Gasteiger partial charge on any atom is 0.161 e. The lowest BCUT2D eigenvalue weighted by molar-refractivity contribution is 0.0451. The van der Waals surface area contributed by atoms with E-state index >= 15 is 0 Å². The summed E-state index contributed by atoms with van der Waals surface area (Å²) >= 11 is 0. The van der Waals surface area contributed by atoms with Gasteiger partial charge >= 0.3 is 0 Å². The molecule has 0 saturated heterocycles. The van der Waals surface area contributed by atoms with Crippen molar-refractivity contribution in [2.24, 2.45) is 0 Å². The van der Waals surface area contributed by atoms with E-state index in [1.165, 1.54) is 17.8 Å². The fraction of sp³-hybridized carbons (Fsp3) is 0. The van der Waals surface area contributed by atoms with Gasteiger partial charge in [-0.05, 0) is 17.4 Å². The molecule has 0 atom stereocenters. The Balaban J connectivity index is 2.17. The minimum atomic E-state index is 0.873. The van der Waals surface area contributed by atoms with Crippen molar-refractivity contribution in [1.82, 2.24) is 0 Å². The fourth-order valence-corrected chi connectivity index (χ4v) is 0.857. The van der Waals surface area contributed by atoms with Crippen LogP contribution in [0.4, 0.5) is 5.69 Å². The van der Waals surface area contributed by atoms with Gasteiger partial charge < -0.3 is 9.68 Å². The van der Waals surface area contributed by atoms with Gasteiger partial charge in [0.25, 0.3) is 0 Å². The van der Waals surface area contributed by atoms with Gasteiger partial charge in [0.2, 0.25) is 0 Å². The Bertz CT molecular complexity index is 250. The summed E-state index contributed by atoms with van der Waals surface area (Å²) in [5.41, 5.74) is 0.873. The Hall–Kier alpha value is -1.64. The summed E-state index contributed by atoms with van der Waals surface area (Å²) in [6.07, 6.45) is 2.96. The van der Waals surface area contributed by atoms with Crippen LogP contribution in [-0.2, 0) is 9.68 Å². The molecular formula is C8H7NO2. The van der Waals surface area contributed by atoms with Crippen LogP contribution in [0.5, 0.6) is 0 Å². The molecule has 0 saturated carbocycles. The zero-order chi connectivity index (χ0) is 7.52. The molecule has 0 bridgehead atoms. The monoisotopic (exact) mass is 149 g/mol. The zero-order valence-electron chi connectivity index (χ0n) is 5.81. The lowest BCUT2D eigenvalue weighted by Crippen LogP contribution is -2.13. The molecular weight excluding hydrogens is 142 g/mol. The van der Waals surface area contributed by atoms with E-state index in [1.54, 1.807) is 0 Å². The summed E-state index contributed by atoms with van der Waals surface area (Å²) < 4.78 is 0. The predicted octanol–water partition coefficient (Wildman–Crippen LogP) is 1.84. The third-order valence-corrected chi connectivity index (χ3v) is 1.34. The van der Waals surface area contributed by atoms with Crippen molar-refractivity contribution in [1.29, 1.82) is 0 Å². The quantitative estimate of drug-likeness (QED) is 0.608. The Morgan fingerprint density at radius 1 is 0.909 bits per heavy atom. The van der Waals surface area contributed by atoms with E-state index in [9.17, 15) is 0 Å². The van der Waals surface area contributed by atoms with Crippen molar-refractivity contribution in [3.63, 3.8) is 0 Å². The van der Waals surface area contributed by atoms with Gasteiger partial charge in [-0.25, -0.2) is 0 Å². The van der Waals surface area contributed by atoms with E-state index in [0.29, 0.717) is 0 Å². The van der Waals surface area contributed by atoms with Crippen LogP contribution < -0.4 is 5.23 Å². The first-order chi connectivity index (χ1) is 5.47. The molecule has 1 heterocycles. The number of nitrogens with zero attached hydrogens (tertiary/aromatic N) is 1. The molecule has 2 rings (SSSR count). The average molecular weight is 149 g/mol. The number of rotatable bonds is 1. The van der Waals surface area contributed by atoms with Gasteiger partial charge in [0, 0.05) is 0 Å². The Labute approximate surface area is 64.4 Å². The summed E-state index contributed by atoms with van der Waals surface area (Å²) in [5.74, 6) is 0. The third kappa shape index (κ3) is 1.12. The maximum atomic E-state index is 4.97. The molecule has 1 aliphatic heterocycles. The highest BCUT2D eigenvalue weighted by Gasteiger charge is 2.08. The second kappa shape index (κ2) is 2.54. The molecule has 1 aromatic rings. The minimum absolute atomic E-state index is 0.873. The molecule has 1 aromatic carbocycles. The second-order valence-electron chi connectivity index (χ2n) is 2.08. The summed E-state index contributed by atoms with van der Waals surface area (Å²) in [6, 6.07) is 9.56. The van der Waals surface area contributed by atoms with Crippen molar-refractivity contribution in [2.75, 3.05) is 5.23 Å². The molecule has 0 aliphatic carbocycles. The van der Waals surface area contributed by atoms with Crippen molar-refractivity contribution < 1.29 is 9.68 Å². The summed E-state index contributed by atoms with van der Waals surface area (Å²) in [5, 5.41) is 1.33. The molecule has 11 heavy (non-hydrogen) atoms. The van der Waals surface area contributed by atoms with Gasteiger partial charge in [-0.2, -0.15) is 0 Å². The largest absolute Gasteiger partial charge is 0.350 e. The Kier molecular flexibility index (Phi) is 1.41. The van der Waals surface area contributed by atoms with Crippen LogP contribution in [0.15, 0.2) is 42.9 Å². The standard InChI is InChI=1S/C8H7NO2/c1-2-4-8(5-3-1)9-10-6-7-11-9/h1-7H. The smallest absolute Gasteiger partial charge is 0.161 e. The average Bonchev–Trinajstić information content (AvgIpc) is 2.58. The summed E-state index contributed by atoms with van der Waals surface area (Å²) in [6.45, 7) is 0. The van der Waals surface area contributed by atoms with Crippen molar-refractivity contribution >= 4 is 5.69 Å². The SMILES string of the molecule is C1=CON(c2ccccc2)O1. The van der Waals surface area contributed by atoms with Crippen LogP contribution in [0.25, 0.3) is 0 Å². The molecule has 0 spiro atoms. The van der Waals surface area contributed by atoms with Crippen LogP contribution in [0, 0.1) is 0 Å². The van der Waals surface area contributed by atoms with Crippen molar-refractivity contribution in [2.45, 2.75) is 0 Å². The minimum Gasteiger partial charge on any atom is -0.350 e. The first-order valence-corrected chi connectivity index (χ1v) is 3.30. The van der Waals surface area contributed by atoms with Gasteiger partial charge in [0.15, 0.2) is 12.5 Å². The van der Waals surface area contributed by atoms with Crippen molar-refractivity contribution in [3.8, 4) is 0 Å². The maximum absolute atomic E-state index is 4.97. The first-order valence-electron chi connectivity index (χ1n) is 3.30. The van der Waals surface area contributed by atoms with Crippen LogP contribution in [0.2, 0.25) is 0 Å². The number of hydrogen-bond donors (Lipinski definition) is 0. The molecule has 3 heteroatoms. The molecule has 0 N–H and O–H groups in total. The number of benzene rings is 1. The summed E-state index contributed by atoms with van der Waals surface area (Å²) in [7, 11) is 0. The Morgan fingerprint density at radius 3 is 2.18 bits per heavy atom. The molecule has 0 aromatic heterocycles. The highest BCUT2D eigenvalue weighted by molar-refractivity contribution is 5.41. The van der Waals surface area contributed by atoms with Crippen LogP contribution in [0.3, 0.4) is 0 Å². The van der Waals surface area contributed by atoms with E-state index < -0.39 is 0 Å². The van der Waals surface area contributed by atoms with Gasteiger partial charge in [0.05, 0.1) is 0 Å². The van der Waals surface area contributed by atoms with E-state index in [1.807, 2.05) is 30.3 Å². The highest BCUT2D eigenvalue weighted by atomic mass is 17.0. The fourth-order valence-electron chi connectivity index (χ4n) is 0.857. The normalized spacial score (nSPS) is 14.4. The van der Waals surface area contributed by atoms with Crippen LogP contribution in [-0.4, -0.2) is 0 Å². The first kappa shape index (κ1) is 6.09. The Morgan fingerprint density at radius 2 is 1.55 bits per heavy atom. The lowest BCUT2D eigenvalue weighted by Gasteiger charge is -2.12. The molecule has 1 aliphatic rings. The number of para-hydroxylation sites is 1. The van der Waals surface area contributed by atoms with Gasteiger partial charge in [-0.15, -0.1) is 0 Å². The number of hydrogen-bond acceptors (Lipinski definition) is 3. The van der Waals surface area contributed by atoms with Gasteiger partial charge in [-0.1, -0.05) is 18.2 Å². The van der Waals surface area contributed by atoms with Gasteiger partial charge in [0.1, 0.15) is 5.69 Å². The van der Waals surface area contributed by atoms with Crippen LogP contribution in [0.1, 0.15) is 0 Å². The van der Waals surface area contributed by atoms with Crippen LogP contribution >= 0.6 is 0 Å². The van der Waals surface area contributed by atoms with E-state index in [-0.39, 0.29) is 0 Å². The predicted molar refractivity (Wildman–Crippen MR) is 40.2 cm³/mol. The molecule has 0 fully saturated rings. The second-order valence-corrected chi connectivity index (χ2v) is 2.08. The van der Waals surface area contributed by atoms with Gasteiger partial charge in [-0.3, -0.25) is 0 Å². The topological polar surface area (TPSA) is 21.7 Å². The third-order valence-electron chi connectivity index (χ3n) is 1.34. The lowest BCUT2D eigenvalue weighted by atomic mass is 10.3. The highest BCUT2D eigenvalue weighted by Crippen LogP contribution is 2.17. The number of anilines is 1. The molecule has 3 nitrogen and oxygen atoms in total.